The van der Waals surface area contributed by atoms with Crippen molar-refractivity contribution in [2.24, 2.45) is 0 Å². The zero-order valence-corrected chi connectivity index (χ0v) is 15.2. The molecule has 6 heteroatoms. The normalized spacial score (nSPS) is 39.2. The number of hydrogen-bond acceptors (Lipinski definition) is 6. The maximum Gasteiger partial charge on any atom is 0.302 e. The van der Waals surface area contributed by atoms with Crippen molar-refractivity contribution >= 4 is 5.97 Å². The highest BCUT2D eigenvalue weighted by Gasteiger charge is 2.74. The molecule has 138 valence electrons. The number of benzene rings is 1. The molecule has 26 heavy (non-hydrogen) atoms. The van der Waals surface area contributed by atoms with E-state index < -0.39 is 23.2 Å². The van der Waals surface area contributed by atoms with Crippen LogP contribution in [0.2, 0.25) is 0 Å². The van der Waals surface area contributed by atoms with Crippen LogP contribution in [0, 0.1) is 0 Å². The Balaban J connectivity index is 1.84. The molecule has 5 unspecified atom stereocenters. The Morgan fingerprint density at radius 3 is 2.96 bits per heavy atom. The number of likely N-dealkylation sites (N-methyl/N-ethyl adjacent to an activating group) is 1. The van der Waals surface area contributed by atoms with Gasteiger partial charge in [-0.2, -0.15) is 0 Å². The van der Waals surface area contributed by atoms with Gasteiger partial charge in [0.2, 0.25) is 0 Å². The fourth-order valence-electron chi connectivity index (χ4n) is 5.99. The van der Waals surface area contributed by atoms with Crippen molar-refractivity contribution in [1.29, 1.82) is 0 Å². The zero-order valence-electron chi connectivity index (χ0n) is 15.2. The van der Waals surface area contributed by atoms with E-state index >= 15 is 0 Å². The van der Waals surface area contributed by atoms with Crippen molar-refractivity contribution in [3.05, 3.63) is 35.4 Å². The summed E-state index contributed by atoms with van der Waals surface area (Å²) < 4.78 is 17.7. The second kappa shape index (κ2) is 5.02. The summed E-state index contributed by atoms with van der Waals surface area (Å²) in [5.74, 6) is 1.14. The van der Waals surface area contributed by atoms with Gasteiger partial charge in [-0.15, -0.1) is 0 Å². The molecule has 1 aromatic carbocycles. The van der Waals surface area contributed by atoms with E-state index in [2.05, 4.69) is 18.0 Å². The highest BCUT2D eigenvalue weighted by molar-refractivity contribution is 5.69. The Morgan fingerprint density at radius 1 is 1.42 bits per heavy atom. The zero-order chi connectivity index (χ0) is 18.3. The Kier molecular flexibility index (Phi) is 3.12. The lowest BCUT2D eigenvalue weighted by molar-refractivity contribution is -0.158. The molecule has 1 fully saturated rings. The average molecular weight is 357 g/mol. The molecule has 1 aromatic rings. The van der Waals surface area contributed by atoms with Gasteiger partial charge in [-0.3, -0.25) is 9.69 Å². The molecule has 0 aromatic heterocycles. The highest BCUT2D eigenvalue weighted by atomic mass is 16.6. The third-order valence-corrected chi connectivity index (χ3v) is 6.85. The van der Waals surface area contributed by atoms with Crippen LogP contribution < -0.4 is 9.47 Å². The molecule has 0 saturated carbocycles. The van der Waals surface area contributed by atoms with Crippen molar-refractivity contribution < 1.29 is 24.1 Å². The second-order valence-electron chi connectivity index (χ2n) is 7.79. The van der Waals surface area contributed by atoms with Crippen LogP contribution in [-0.2, 0) is 21.4 Å². The summed E-state index contributed by atoms with van der Waals surface area (Å²) in [6.45, 7) is 2.29. The van der Waals surface area contributed by atoms with Gasteiger partial charge in [0, 0.05) is 18.9 Å². The molecule has 1 N–H and O–H groups in total. The quantitative estimate of drug-likeness (QED) is 0.633. The second-order valence-corrected chi connectivity index (χ2v) is 7.79. The number of esters is 1. The van der Waals surface area contributed by atoms with E-state index in [9.17, 15) is 9.90 Å². The maximum atomic E-state index is 11.9. The summed E-state index contributed by atoms with van der Waals surface area (Å²) in [4.78, 5) is 14.1. The first-order valence-corrected chi connectivity index (χ1v) is 9.08. The van der Waals surface area contributed by atoms with Gasteiger partial charge in [0.1, 0.15) is 18.3 Å². The molecule has 0 bridgehead atoms. The van der Waals surface area contributed by atoms with Crippen molar-refractivity contribution in [1.82, 2.24) is 4.90 Å². The van der Waals surface area contributed by atoms with Crippen molar-refractivity contribution in [3.63, 3.8) is 0 Å². The van der Waals surface area contributed by atoms with Crippen molar-refractivity contribution in [2.75, 3.05) is 20.7 Å². The minimum atomic E-state index is -0.712. The summed E-state index contributed by atoms with van der Waals surface area (Å²) in [5, 5.41) is 10.8. The van der Waals surface area contributed by atoms with E-state index in [1.54, 1.807) is 13.2 Å². The molecule has 1 spiro atoms. The molecule has 2 heterocycles. The largest absolute Gasteiger partial charge is 0.493 e. The fourth-order valence-corrected chi connectivity index (χ4v) is 5.99. The van der Waals surface area contributed by atoms with E-state index in [4.69, 9.17) is 14.2 Å². The van der Waals surface area contributed by atoms with Crippen LogP contribution in [0.25, 0.3) is 0 Å². The van der Waals surface area contributed by atoms with Gasteiger partial charge in [0.25, 0.3) is 0 Å². The van der Waals surface area contributed by atoms with Gasteiger partial charge in [-0.1, -0.05) is 18.2 Å². The first kappa shape index (κ1) is 16.1. The van der Waals surface area contributed by atoms with Crippen LogP contribution in [0.5, 0.6) is 11.5 Å². The van der Waals surface area contributed by atoms with E-state index in [1.165, 1.54) is 6.92 Å². The molecule has 2 aliphatic carbocycles. The monoisotopic (exact) mass is 357 g/mol. The van der Waals surface area contributed by atoms with Gasteiger partial charge in [0.05, 0.1) is 18.1 Å². The Morgan fingerprint density at radius 2 is 2.23 bits per heavy atom. The van der Waals surface area contributed by atoms with Crippen LogP contribution in [0.15, 0.2) is 24.3 Å². The lowest BCUT2D eigenvalue weighted by atomic mass is 9.53. The SMILES string of the molecule is COc1ccc2c3c1OC1C(O)C=CC4(C(OC(C)=O)C2)N(C)CCC314. The average Bonchev–Trinajstić information content (AvgIpc) is 3.12. The summed E-state index contributed by atoms with van der Waals surface area (Å²) in [5.41, 5.74) is 1.27. The van der Waals surface area contributed by atoms with Crippen LogP contribution in [0.4, 0.5) is 0 Å². The number of likely N-dealkylation sites (tertiary alicyclic amines) is 1. The van der Waals surface area contributed by atoms with Gasteiger partial charge >= 0.3 is 5.97 Å². The number of rotatable bonds is 2. The number of hydrogen-bond donors (Lipinski definition) is 1. The summed E-state index contributed by atoms with van der Waals surface area (Å²) in [6, 6.07) is 3.94. The number of nitrogens with zero attached hydrogens (tertiary/aromatic N) is 1. The predicted octanol–water partition coefficient (Wildman–Crippen LogP) is 1.19. The van der Waals surface area contributed by atoms with Crippen molar-refractivity contribution in [2.45, 2.75) is 49.0 Å². The summed E-state index contributed by atoms with van der Waals surface area (Å²) in [7, 11) is 3.70. The number of aliphatic hydroxyl groups excluding tert-OH is 1. The predicted molar refractivity (Wildman–Crippen MR) is 93.5 cm³/mol. The minimum absolute atomic E-state index is 0.285. The first-order valence-electron chi connectivity index (χ1n) is 9.08. The van der Waals surface area contributed by atoms with E-state index in [0.29, 0.717) is 12.2 Å². The van der Waals surface area contributed by atoms with Gasteiger partial charge in [-0.05, 0) is 31.6 Å². The molecule has 5 atom stereocenters. The van der Waals surface area contributed by atoms with Crippen LogP contribution in [0.1, 0.15) is 24.5 Å². The van der Waals surface area contributed by atoms with Gasteiger partial charge in [-0.25, -0.2) is 0 Å². The first-order chi connectivity index (χ1) is 12.5. The molecule has 6 nitrogen and oxygen atoms in total. The number of carbonyl (C=O) groups is 1. The third kappa shape index (κ3) is 1.59. The molecule has 4 aliphatic rings. The smallest absolute Gasteiger partial charge is 0.302 e. The molecule has 5 rings (SSSR count). The Bertz CT molecular complexity index is 836. The molecule has 2 aliphatic heterocycles. The van der Waals surface area contributed by atoms with Crippen LogP contribution in [0.3, 0.4) is 0 Å². The van der Waals surface area contributed by atoms with Crippen LogP contribution in [-0.4, -0.2) is 60.5 Å². The summed E-state index contributed by atoms with van der Waals surface area (Å²) in [6.07, 6.45) is 3.85. The third-order valence-electron chi connectivity index (χ3n) is 6.85. The van der Waals surface area contributed by atoms with E-state index in [1.807, 2.05) is 12.1 Å². The number of methoxy groups -OCH3 is 1. The van der Waals surface area contributed by atoms with Gasteiger partial charge < -0.3 is 19.3 Å². The molecule has 0 radical (unpaired) electrons. The van der Waals surface area contributed by atoms with E-state index in [0.717, 1.165) is 29.8 Å². The Labute approximate surface area is 152 Å². The standard InChI is InChI=1S/C20H23NO5/c1-11(22)25-15-10-12-4-5-14(24-3)17-16(12)19-8-9-21(2)20(15,19)7-6-13(23)18(19)26-17/h4-7,13,15,18,23H,8-10H2,1-3H3. The molecular weight excluding hydrogens is 334 g/mol. The highest BCUT2D eigenvalue weighted by Crippen LogP contribution is 2.66. The number of carbonyl (C=O) groups excluding carboxylic acids is 1. The number of aliphatic hydroxyl groups is 1. The molecular formula is C20H23NO5. The molecule has 0 amide bonds. The fraction of sp³-hybridized carbons (Fsp3) is 0.550. The van der Waals surface area contributed by atoms with E-state index in [-0.39, 0.29) is 12.1 Å². The summed E-state index contributed by atoms with van der Waals surface area (Å²) >= 11 is 0. The maximum absolute atomic E-state index is 11.9. The lowest BCUT2D eigenvalue weighted by Crippen LogP contribution is -2.71. The Hall–Kier alpha value is -2.05. The minimum Gasteiger partial charge on any atom is -0.493 e. The lowest BCUT2D eigenvalue weighted by Gasteiger charge is -2.56. The number of ether oxygens (including phenoxy) is 3. The van der Waals surface area contributed by atoms with Gasteiger partial charge in [0.15, 0.2) is 11.5 Å². The van der Waals surface area contributed by atoms with Crippen LogP contribution >= 0.6 is 0 Å². The molecule has 1 saturated heterocycles. The topological polar surface area (TPSA) is 68.2 Å². The van der Waals surface area contributed by atoms with Crippen molar-refractivity contribution in [3.8, 4) is 11.5 Å².